The third kappa shape index (κ3) is 4.51. The van der Waals surface area contributed by atoms with E-state index in [2.05, 4.69) is 34.1 Å². The first-order valence-electron chi connectivity index (χ1n) is 11.3. The van der Waals surface area contributed by atoms with Crippen molar-refractivity contribution in [2.75, 3.05) is 26.7 Å². The molecule has 4 rings (SSSR count). The molecule has 1 N–H and O–H groups in total. The lowest BCUT2D eigenvalue weighted by Gasteiger charge is -2.35. The van der Waals surface area contributed by atoms with E-state index in [4.69, 9.17) is 0 Å². The molecule has 160 valence electrons. The number of likely N-dealkylation sites (N-methyl/N-ethyl adjacent to an activating group) is 1. The molecule has 1 saturated heterocycles. The lowest BCUT2D eigenvalue weighted by Crippen LogP contribution is -2.49. The monoisotopic (exact) mass is 406 g/mol. The first kappa shape index (κ1) is 21.2. The van der Waals surface area contributed by atoms with Crippen molar-refractivity contribution in [2.24, 2.45) is 5.92 Å². The predicted octanol–water partition coefficient (Wildman–Crippen LogP) is 3.84. The van der Waals surface area contributed by atoms with Gasteiger partial charge in [0.2, 0.25) is 0 Å². The number of aliphatic hydroxyl groups is 1. The van der Waals surface area contributed by atoms with Gasteiger partial charge in [-0.2, -0.15) is 0 Å². The summed E-state index contributed by atoms with van der Waals surface area (Å²) in [6, 6.07) is 20.5. The Bertz CT molecular complexity index is 819. The van der Waals surface area contributed by atoms with Crippen LogP contribution in [0.1, 0.15) is 43.2 Å². The Kier molecular flexibility index (Phi) is 6.67. The highest BCUT2D eigenvalue weighted by atomic mass is 16.3. The summed E-state index contributed by atoms with van der Waals surface area (Å²) >= 11 is 0. The van der Waals surface area contributed by atoms with Gasteiger partial charge in [0, 0.05) is 25.7 Å². The van der Waals surface area contributed by atoms with Crippen LogP contribution in [-0.2, 0) is 16.9 Å². The van der Waals surface area contributed by atoms with E-state index in [1.165, 1.54) is 5.56 Å². The second-order valence-corrected chi connectivity index (χ2v) is 9.12. The Morgan fingerprint density at radius 1 is 1.03 bits per heavy atom. The van der Waals surface area contributed by atoms with Crippen molar-refractivity contribution in [1.82, 2.24) is 9.80 Å². The number of rotatable bonds is 8. The van der Waals surface area contributed by atoms with Gasteiger partial charge in [0.15, 0.2) is 11.4 Å². The molecule has 2 unspecified atom stereocenters. The molecule has 2 aromatic rings. The highest BCUT2D eigenvalue weighted by molar-refractivity contribution is 5.90. The molecule has 0 bridgehead atoms. The molecular weight excluding hydrogens is 372 g/mol. The largest absolute Gasteiger partial charge is 0.377 e. The van der Waals surface area contributed by atoms with E-state index < -0.39 is 5.60 Å². The highest BCUT2D eigenvalue weighted by Gasteiger charge is 2.46. The van der Waals surface area contributed by atoms with E-state index >= 15 is 0 Å². The van der Waals surface area contributed by atoms with Gasteiger partial charge in [-0.25, -0.2) is 0 Å². The Hall–Kier alpha value is -2.01. The van der Waals surface area contributed by atoms with Gasteiger partial charge in [0.25, 0.3) is 0 Å². The van der Waals surface area contributed by atoms with E-state index in [-0.39, 0.29) is 11.7 Å². The van der Waals surface area contributed by atoms with Gasteiger partial charge in [0.1, 0.15) is 0 Å². The second kappa shape index (κ2) is 9.42. The first-order chi connectivity index (χ1) is 14.6. The molecule has 0 radical (unpaired) electrons. The summed E-state index contributed by atoms with van der Waals surface area (Å²) < 4.78 is 0. The molecule has 1 saturated carbocycles. The van der Waals surface area contributed by atoms with Gasteiger partial charge in [-0.15, -0.1) is 0 Å². The average molecular weight is 407 g/mol. The van der Waals surface area contributed by atoms with E-state index in [1.807, 2.05) is 43.4 Å². The summed E-state index contributed by atoms with van der Waals surface area (Å²) in [6.07, 6.45) is 5.11. The zero-order valence-corrected chi connectivity index (χ0v) is 18.0. The van der Waals surface area contributed by atoms with Gasteiger partial charge >= 0.3 is 0 Å². The fraction of sp³-hybridized carbons (Fsp3) is 0.500. The molecule has 0 aromatic heterocycles. The number of nitrogens with zero attached hydrogens (tertiary/aromatic N) is 2. The van der Waals surface area contributed by atoms with E-state index in [0.29, 0.717) is 12.6 Å². The minimum atomic E-state index is -1.37. The van der Waals surface area contributed by atoms with Gasteiger partial charge in [-0.1, -0.05) is 73.5 Å². The molecule has 4 nitrogen and oxygen atoms in total. The van der Waals surface area contributed by atoms with E-state index in [0.717, 1.165) is 57.3 Å². The molecule has 4 heteroatoms. The van der Waals surface area contributed by atoms with Crippen molar-refractivity contribution in [3.05, 3.63) is 71.8 Å². The maximum Gasteiger partial charge on any atom is 0.183 e. The molecule has 1 aliphatic carbocycles. The average Bonchev–Trinajstić information content (AvgIpc) is 3.47. The van der Waals surface area contributed by atoms with Crippen LogP contribution in [-0.4, -0.2) is 53.4 Å². The Balaban J connectivity index is 1.41. The molecule has 2 aromatic carbocycles. The quantitative estimate of drug-likeness (QED) is 0.723. The summed E-state index contributed by atoms with van der Waals surface area (Å²) in [7, 11) is 2.04. The van der Waals surface area contributed by atoms with Crippen molar-refractivity contribution >= 4 is 5.78 Å². The van der Waals surface area contributed by atoms with Crippen LogP contribution < -0.4 is 0 Å². The fourth-order valence-electron chi connectivity index (χ4n) is 5.29. The van der Waals surface area contributed by atoms with Crippen LogP contribution in [0.25, 0.3) is 0 Å². The van der Waals surface area contributed by atoms with Gasteiger partial charge in [0.05, 0.1) is 6.54 Å². The molecule has 2 atom stereocenters. The SMILES string of the molecule is CN(CC(=O)C(O)(c1ccccc1)C1CCCC1)C1CCN(Cc2ccccc2)C1. The Morgan fingerprint density at radius 3 is 2.33 bits per heavy atom. The molecule has 0 spiro atoms. The Morgan fingerprint density at radius 2 is 1.67 bits per heavy atom. The van der Waals surface area contributed by atoms with Gasteiger partial charge < -0.3 is 5.11 Å². The normalized spacial score (nSPS) is 22.4. The fourth-order valence-corrected chi connectivity index (χ4v) is 5.29. The van der Waals surface area contributed by atoms with Crippen LogP contribution in [0.5, 0.6) is 0 Å². The van der Waals surface area contributed by atoms with Crippen molar-refractivity contribution in [3.63, 3.8) is 0 Å². The molecule has 2 aliphatic rings. The Labute approximate surface area is 180 Å². The molecule has 0 amide bonds. The number of Topliss-reactive ketones (excluding diaryl/α,β-unsaturated/α-hetero) is 1. The summed E-state index contributed by atoms with van der Waals surface area (Å²) in [4.78, 5) is 18.1. The number of benzene rings is 2. The molecular formula is C26H34N2O2. The standard InChI is InChI=1S/C26H34N2O2/c1-27(24-16-17-28(19-24)18-21-10-4-2-5-11-21)20-25(29)26(30,23-14-8-9-15-23)22-12-6-3-7-13-22/h2-7,10-13,23-24,30H,8-9,14-20H2,1H3. The molecule has 1 aliphatic heterocycles. The number of ketones is 1. The van der Waals surface area contributed by atoms with E-state index in [1.54, 1.807) is 0 Å². The zero-order valence-electron chi connectivity index (χ0n) is 18.0. The molecule has 2 fully saturated rings. The third-order valence-corrected chi connectivity index (χ3v) is 7.10. The smallest absolute Gasteiger partial charge is 0.183 e. The minimum Gasteiger partial charge on any atom is -0.377 e. The van der Waals surface area contributed by atoms with Gasteiger partial charge in [-0.05, 0) is 43.4 Å². The minimum absolute atomic E-state index is 0.0268. The second-order valence-electron chi connectivity index (χ2n) is 9.12. The van der Waals surface area contributed by atoms with Crippen molar-refractivity contribution < 1.29 is 9.90 Å². The van der Waals surface area contributed by atoms with Crippen molar-refractivity contribution in [1.29, 1.82) is 0 Å². The number of hydrogen-bond acceptors (Lipinski definition) is 4. The van der Waals surface area contributed by atoms with Gasteiger partial charge in [-0.3, -0.25) is 14.6 Å². The lowest BCUT2D eigenvalue weighted by atomic mass is 9.77. The van der Waals surface area contributed by atoms with Crippen LogP contribution in [0.4, 0.5) is 0 Å². The topological polar surface area (TPSA) is 43.8 Å². The van der Waals surface area contributed by atoms with E-state index in [9.17, 15) is 9.90 Å². The zero-order chi connectivity index (χ0) is 21.0. The molecule has 1 heterocycles. The van der Waals surface area contributed by atoms with Crippen LogP contribution in [0.15, 0.2) is 60.7 Å². The summed E-state index contributed by atoms with van der Waals surface area (Å²) in [5, 5.41) is 11.7. The van der Waals surface area contributed by atoms with Crippen LogP contribution in [0.3, 0.4) is 0 Å². The van der Waals surface area contributed by atoms with Crippen LogP contribution in [0.2, 0.25) is 0 Å². The highest BCUT2D eigenvalue weighted by Crippen LogP contribution is 2.41. The number of likely N-dealkylation sites (tertiary alicyclic amines) is 1. The third-order valence-electron chi connectivity index (χ3n) is 7.10. The number of hydrogen-bond donors (Lipinski definition) is 1. The number of carbonyl (C=O) groups excluding carboxylic acids is 1. The molecule has 30 heavy (non-hydrogen) atoms. The maximum atomic E-state index is 13.5. The first-order valence-corrected chi connectivity index (χ1v) is 11.3. The maximum absolute atomic E-state index is 13.5. The van der Waals surface area contributed by atoms with Crippen molar-refractivity contribution in [3.8, 4) is 0 Å². The summed E-state index contributed by atoms with van der Waals surface area (Å²) in [5.41, 5.74) is 0.720. The van der Waals surface area contributed by atoms with Crippen molar-refractivity contribution in [2.45, 2.75) is 50.3 Å². The van der Waals surface area contributed by atoms with Crippen LogP contribution >= 0.6 is 0 Å². The lowest BCUT2D eigenvalue weighted by molar-refractivity contribution is -0.146. The van der Waals surface area contributed by atoms with Crippen LogP contribution in [0, 0.1) is 5.92 Å². The predicted molar refractivity (Wildman–Crippen MR) is 120 cm³/mol. The summed E-state index contributed by atoms with van der Waals surface area (Å²) in [5.74, 6) is -0.0245. The summed E-state index contributed by atoms with van der Waals surface area (Å²) in [6.45, 7) is 3.26. The number of carbonyl (C=O) groups is 1.